The third kappa shape index (κ3) is 4.06. The summed E-state index contributed by atoms with van der Waals surface area (Å²) in [5.74, 6) is 0. The molecule has 1 N–H and O–H groups in total. The van der Waals surface area contributed by atoms with Gasteiger partial charge in [-0.2, -0.15) is 0 Å². The van der Waals surface area contributed by atoms with E-state index in [1.807, 2.05) is 50.2 Å². The van der Waals surface area contributed by atoms with E-state index < -0.39 is 10.0 Å². The fraction of sp³-hybridized carbons (Fsp3) is 0.286. The first-order valence-electron chi connectivity index (χ1n) is 6.31. The number of hydrogen-bond acceptors (Lipinski definition) is 4. The highest BCUT2D eigenvalue weighted by molar-refractivity contribution is 9.11. The van der Waals surface area contributed by atoms with Crippen molar-refractivity contribution in [1.29, 1.82) is 0 Å². The zero-order chi connectivity index (χ0) is 15.6. The van der Waals surface area contributed by atoms with E-state index in [0.717, 1.165) is 20.6 Å². The van der Waals surface area contributed by atoms with Crippen LogP contribution < -0.4 is 9.62 Å². The molecule has 1 aromatic carbocycles. The Morgan fingerprint density at radius 2 is 1.86 bits per heavy atom. The molecule has 0 fully saturated rings. The van der Waals surface area contributed by atoms with Gasteiger partial charge in [-0.1, -0.05) is 12.1 Å². The molecule has 0 aliphatic heterocycles. The molecule has 0 amide bonds. The lowest BCUT2D eigenvalue weighted by atomic mass is 10.2. The largest absolute Gasteiger partial charge is 0.378 e. The topological polar surface area (TPSA) is 49.4 Å². The molecule has 0 spiro atoms. The Morgan fingerprint density at radius 3 is 2.33 bits per heavy atom. The van der Waals surface area contributed by atoms with Gasteiger partial charge in [0.15, 0.2) is 0 Å². The van der Waals surface area contributed by atoms with E-state index in [4.69, 9.17) is 0 Å². The standard InChI is InChI=1S/C14H17BrN2O2S2/c1-10-8-13(20-14(10)15)21(18,19)16-9-11-4-6-12(7-5-11)17(2)3/h4-8,16H,9H2,1-3H3. The van der Waals surface area contributed by atoms with Gasteiger partial charge in [0.05, 0.1) is 3.79 Å². The Bertz CT molecular complexity index is 702. The third-order valence-electron chi connectivity index (χ3n) is 3.02. The molecular weight excluding hydrogens is 372 g/mol. The number of nitrogens with zero attached hydrogens (tertiary/aromatic N) is 1. The van der Waals surface area contributed by atoms with Gasteiger partial charge >= 0.3 is 0 Å². The Morgan fingerprint density at radius 1 is 1.24 bits per heavy atom. The van der Waals surface area contributed by atoms with Crippen LogP contribution in [0.1, 0.15) is 11.1 Å². The number of rotatable bonds is 5. The van der Waals surface area contributed by atoms with E-state index in [0.29, 0.717) is 4.21 Å². The summed E-state index contributed by atoms with van der Waals surface area (Å²) in [6, 6.07) is 9.46. The molecule has 7 heteroatoms. The second-order valence-electron chi connectivity index (χ2n) is 4.91. The van der Waals surface area contributed by atoms with Crippen LogP contribution in [-0.2, 0) is 16.6 Å². The van der Waals surface area contributed by atoms with Crippen molar-refractivity contribution in [2.75, 3.05) is 19.0 Å². The number of benzene rings is 1. The van der Waals surface area contributed by atoms with Gasteiger partial charge in [0, 0.05) is 26.3 Å². The van der Waals surface area contributed by atoms with Crippen molar-refractivity contribution in [2.24, 2.45) is 0 Å². The molecule has 2 rings (SSSR count). The van der Waals surface area contributed by atoms with Crippen molar-refractivity contribution in [2.45, 2.75) is 17.7 Å². The van der Waals surface area contributed by atoms with Gasteiger partial charge in [0.1, 0.15) is 4.21 Å². The molecule has 1 heterocycles. The van der Waals surface area contributed by atoms with Gasteiger partial charge in [-0.25, -0.2) is 13.1 Å². The van der Waals surface area contributed by atoms with Crippen LogP contribution in [0.5, 0.6) is 0 Å². The van der Waals surface area contributed by atoms with E-state index in [1.165, 1.54) is 11.3 Å². The van der Waals surface area contributed by atoms with Crippen LogP contribution in [0.4, 0.5) is 5.69 Å². The molecule has 0 aliphatic rings. The Hall–Kier alpha value is -0.890. The number of halogens is 1. The maximum absolute atomic E-state index is 12.2. The molecule has 0 atom stereocenters. The van der Waals surface area contributed by atoms with Crippen molar-refractivity contribution in [1.82, 2.24) is 4.72 Å². The van der Waals surface area contributed by atoms with Crippen LogP contribution in [0.15, 0.2) is 38.3 Å². The van der Waals surface area contributed by atoms with Crippen LogP contribution in [-0.4, -0.2) is 22.5 Å². The Balaban J connectivity index is 2.08. The molecule has 2 aromatic rings. The molecule has 1 aromatic heterocycles. The van der Waals surface area contributed by atoms with Crippen molar-refractivity contribution in [3.05, 3.63) is 45.2 Å². The maximum Gasteiger partial charge on any atom is 0.250 e. The first kappa shape index (κ1) is 16.5. The predicted octanol–water partition coefficient (Wildman–Crippen LogP) is 3.36. The predicted molar refractivity (Wildman–Crippen MR) is 91.6 cm³/mol. The summed E-state index contributed by atoms with van der Waals surface area (Å²) in [5.41, 5.74) is 2.94. The molecule has 114 valence electrons. The molecule has 0 radical (unpaired) electrons. The smallest absolute Gasteiger partial charge is 0.250 e. The van der Waals surface area contributed by atoms with Crippen LogP contribution >= 0.6 is 27.3 Å². The second-order valence-corrected chi connectivity index (χ2v) is 9.27. The summed E-state index contributed by atoms with van der Waals surface area (Å²) in [6.45, 7) is 2.16. The normalized spacial score (nSPS) is 11.6. The van der Waals surface area contributed by atoms with E-state index in [2.05, 4.69) is 20.7 Å². The maximum atomic E-state index is 12.2. The zero-order valence-electron chi connectivity index (χ0n) is 12.1. The summed E-state index contributed by atoms with van der Waals surface area (Å²) < 4.78 is 28.2. The average molecular weight is 389 g/mol. The lowest BCUT2D eigenvalue weighted by Gasteiger charge is -2.12. The van der Waals surface area contributed by atoms with Crippen molar-refractivity contribution < 1.29 is 8.42 Å². The first-order valence-corrected chi connectivity index (χ1v) is 9.41. The number of nitrogens with one attached hydrogen (secondary N) is 1. The zero-order valence-corrected chi connectivity index (χ0v) is 15.3. The minimum absolute atomic E-state index is 0.282. The summed E-state index contributed by atoms with van der Waals surface area (Å²) in [6.07, 6.45) is 0. The molecule has 0 bridgehead atoms. The fourth-order valence-electron chi connectivity index (χ4n) is 1.73. The molecule has 0 saturated heterocycles. The Labute approximate surface area is 138 Å². The van der Waals surface area contributed by atoms with Crippen LogP contribution in [0.3, 0.4) is 0 Å². The lowest BCUT2D eigenvalue weighted by Crippen LogP contribution is -2.22. The number of aryl methyl sites for hydroxylation is 1. The summed E-state index contributed by atoms with van der Waals surface area (Å²) >= 11 is 4.57. The molecule has 0 saturated carbocycles. The van der Waals surface area contributed by atoms with Gasteiger partial charge in [-0.15, -0.1) is 11.3 Å². The fourth-order valence-corrected chi connectivity index (χ4v) is 5.01. The number of thiophene rings is 1. The van der Waals surface area contributed by atoms with E-state index in [9.17, 15) is 8.42 Å². The van der Waals surface area contributed by atoms with Gasteiger partial charge in [0.2, 0.25) is 10.0 Å². The van der Waals surface area contributed by atoms with Crippen LogP contribution in [0.25, 0.3) is 0 Å². The first-order chi connectivity index (χ1) is 9.79. The summed E-state index contributed by atoms with van der Waals surface area (Å²) in [5, 5.41) is 0. The number of anilines is 1. The van der Waals surface area contributed by atoms with Gasteiger partial charge in [-0.05, 0) is 52.2 Å². The average Bonchev–Trinajstić information content (AvgIpc) is 2.78. The van der Waals surface area contributed by atoms with E-state index >= 15 is 0 Å². The van der Waals surface area contributed by atoms with Crippen LogP contribution in [0, 0.1) is 6.92 Å². The minimum atomic E-state index is -3.46. The minimum Gasteiger partial charge on any atom is -0.378 e. The van der Waals surface area contributed by atoms with Crippen molar-refractivity contribution >= 4 is 43.0 Å². The second kappa shape index (κ2) is 6.48. The highest BCUT2D eigenvalue weighted by Crippen LogP contribution is 2.30. The molecule has 0 unspecified atom stereocenters. The quantitative estimate of drug-likeness (QED) is 0.853. The highest BCUT2D eigenvalue weighted by Gasteiger charge is 2.17. The SMILES string of the molecule is Cc1cc(S(=O)(=O)NCc2ccc(N(C)C)cc2)sc1Br. The summed E-state index contributed by atoms with van der Waals surface area (Å²) in [4.78, 5) is 2.00. The lowest BCUT2D eigenvalue weighted by molar-refractivity contribution is 0.583. The monoisotopic (exact) mass is 388 g/mol. The number of hydrogen-bond donors (Lipinski definition) is 1. The molecular formula is C14H17BrN2O2S2. The highest BCUT2D eigenvalue weighted by atomic mass is 79.9. The van der Waals surface area contributed by atoms with Gasteiger partial charge in [-0.3, -0.25) is 0 Å². The van der Waals surface area contributed by atoms with Crippen molar-refractivity contribution in [3.63, 3.8) is 0 Å². The molecule has 4 nitrogen and oxygen atoms in total. The van der Waals surface area contributed by atoms with E-state index in [1.54, 1.807) is 6.07 Å². The summed E-state index contributed by atoms with van der Waals surface area (Å²) in [7, 11) is 0.475. The number of sulfonamides is 1. The van der Waals surface area contributed by atoms with Gasteiger partial charge < -0.3 is 4.90 Å². The molecule has 21 heavy (non-hydrogen) atoms. The van der Waals surface area contributed by atoms with Crippen molar-refractivity contribution in [3.8, 4) is 0 Å². The Kier molecular flexibility index (Phi) is 5.08. The van der Waals surface area contributed by atoms with E-state index in [-0.39, 0.29) is 6.54 Å². The van der Waals surface area contributed by atoms with Gasteiger partial charge in [0.25, 0.3) is 0 Å². The molecule has 0 aliphatic carbocycles. The third-order valence-corrected chi connectivity index (χ3v) is 7.03. The van der Waals surface area contributed by atoms with Crippen LogP contribution in [0.2, 0.25) is 0 Å².